The van der Waals surface area contributed by atoms with E-state index in [0.29, 0.717) is 26.2 Å². The van der Waals surface area contributed by atoms with Gasteiger partial charge in [0.15, 0.2) is 0 Å². The van der Waals surface area contributed by atoms with Gasteiger partial charge in [0.1, 0.15) is 12.7 Å². The molecule has 7 nitrogen and oxygen atoms in total. The summed E-state index contributed by atoms with van der Waals surface area (Å²) in [6.07, 6.45) is 5.89. The highest BCUT2D eigenvalue weighted by molar-refractivity contribution is 5.95. The van der Waals surface area contributed by atoms with E-state index in [0.717, 1.165) is 24.2 Å². The SMILES string of the molecule is CCCCCC=NC[C@H]1CN(c2ccc(N3CCOCC3=O)cc2)C(=O)O1. The van der Waals surface area contributed by atoms with E-state index in [9.17, 15) is 9.59 Å². The number of hydrogen-bond acceptors (Lipinski definition) is 5. The zero-order chi connectivity index (χ0) is 19.1. The maximum absolute atomic E-state index is 12.2. The number of aliphatic imine (C=N–C) groups is 1. The quantitative estimate of drug-likeness (QED) is 0.519. The smallest absolute Gasteiger partial charge is 0.414 e. The predicted octanol–water partition coefficient (Wildman–Crippen LogP) is 3.03. The van der Waals surface area contributed by atoms with E-state index in [1.807, 2.05) is 30.5 Å². The lowest BCUT2D eigenvalue weighted by atomic mass is 10.2. The van der Waals surface area contributed by atoms with Crippen LogP contribution in [0.15, 0.2) is 29.3 Å². The summed E-state index contributed by atoms with van der Waals surface area (Å²) >= 11 is 0. The predicted molar refractivity (Wildman–Crippen MR) is 105 cm³/mol. The van der Waals surface area contributed by atoms with Crippen LogP contribution in [0.4, 0.5) is 16.2 Å². The Balaban J connectivity index is 1.53. The molecule has 0 saturated carbocycles. The first-order valence-corrected chi connectivity index (χ1v) is 9.63. The molecule has 146 valence electrons. The van der Waals surface area contributed by atoms with Crippen LogP contribution in [-0.2, 0) is 14.3 Å². The number of hydrogen-bond donors (Lipinski definition) is 0. The summed E-state index contributed by atoms with van der Waals surface area (Å²) in [4.78, 5) is 31.8. The summed E-state index contributed by atoms with van der Waals surface area (Å²) in [6.45, 7) is 4.35. The lowest BCUT2D eigenvalue weighted by molar-refractivity contribution is -0.125. The molecule has 3 rings (SSSR count). The number of carbonyl (C=O) groups excluding carboxylic acids is 2. The van der Waals surface area contributed by atoms with Crippen LogP contribution in [-0.4, -0.2) is 57.2 Å². The molecule has 0 N–H and O–H groups in total. The van der Waals surface area contributed by atoms with Crippen molar-refractivity contribution in [3.8, 4) is 0 Å². The van der Waals surface area contributed by atoms with E-state index in [4.69, 9.17) is 9.47 Å². The number of ether oxygens (including phenoxy) is 2. The van der Waals surface area contributed by atoms with Gasteiger partial charge in [-0.15, -0.1) is 0 Å². The van der Waals surface area contributed by atoms with Crippen molar-refractivity contribution < 1.29 is 19.1 Å². The first-order chi connectivity index (χ1) is 13.2. The molecule has 2 heterocycles. The normalized spacial score (nSPS) is 20.6. The molecule has 0 aromatic heterocycles. The summed E-state index contributed by atoms with van der Waals surface area (Å²) < 4.78 is 10.6. The number of amides is 2. The van der Waals surface area contributed by atoms with Crippen molar-refractivity contribution in [3.05, 3.63) is 24.3 Å². The fourth-order valence-corrected chi connectivity index (χ4v) is 3.20. The monoisotopic (exact) mass is 373 g/mol. The molecule has 0 bridgehead atoms. The fraction of sp³-hybridized carbons (Fsp3) is 0.550. The van der Waals surface area contributed by atoms with Gasteiger partial charge in [-0.25, -0.2) is 4.79 Å². The minimum atomic E-state index is -0.351. The van der Waals surface area contributed by atoms with E-state index in [1.165, 1.54) is 12.8 Å². The zero-order valence-corrected chi connectivity index (χ0v) is 15.8. The molecule has 0 aliphatic carbocycles. The lowest BCUT2D eigenvalue weighted by Crippen LogP contribution is -2.41. The molecule has 1 aromatic carbocycles. The van der Waals surface area contributed by atoms with Crippen molar-refractivity contribution in [3.63, 3.8) is 0 Å². The number of benzene rings is 1. The maximum Gasteiger partial charge on any atom is 0.414 e. The molecule has 2 amide bonds. The number of rotatable bonds is 8. The van der Waals surface area contributed by atoms with Gasteiger partial charge in [0.05, 0.1) is 19.7 Å². The highest BCUT2D eigenvalue weighted by Crippen LogP contribution is 2.25. The maximum atomic E-state index is 12.2. The molecule has 27 heavy (non-hydrogen) atoms. The van der Waals surface area contributed by atoms with Crippen molar-refractivity contribution in [2.24, 2.45) is 4.99 Å². The van der Waals surface area contributed by atoms with Crippen LogP contribution >= 0.6 is 0 Å². The van der Waals surface area contributed by atoms with Crippen LogP contribution in [0.2, 0.25) is 0 Å². The molecule has 2 saturated heterocycles. The standard InChI is InChI=1S/C20H27N3O4/c1-2-3-4-5-10-21-13-18-14-23(20(25)27-18)17-8-6-16(7-9-17)22-11-12-26-15-19(22)24/h6-10,18H,2-5,11-15H2,1H3/t18-/m0/s1. The third kappa shape index (κ3) is 5.07. The number of morpholine rings is 1. The molecule has 0 unspecified atom stereocenters. The van der Waals surface area contributed by atoms with Gasteiger partial charge in [-0.1, -0.05) is 19.8 Å². The van der Waals surface area contributed by atoms with Gasteiger partial charge in [-0.2, -0.15) is 0 Å². The van der Waals surface area contributed by atoms with Crippen molar-refractivity contribution in [2.75, 3.05) is 42.6 Å². The second-order valence-electron chi connectivity index (χ2n) is 6.77. The minimum Gasteiger partial charge on any atom is -0.442 e. The highest BCUT2D eigenvalue weighted by Gasteiger charge is 2.32. The molecule has 1 aromatic rings. The number of nitrogens with zero attached hydrogens (tertiary/aromatic N) is 3. The van der Waals surface area contributed by atoms with Gasteiger partial charge >= 0.3 is 6.09 Å². The van der Waals surface area contributed by atoms with Crippen LogP contribution in [0.3, 0.4) is 0 Å². The van der Waals surface area contributed by atoms with Gasteiger partial charge in [-0.3, -0.25) is 14.7 Å². The van der Waals surface area contributed by atoms with Crippen molar-refractivity contribution >= 4 is 29.6 Å². The Bertz CT molecular complexity index is 674. The molecule has 2 fully saturated rings. The molecular formula is C20H27N3O4. The lowest BCUT2D eigenvalue weighted by Gasteiger charge is -2.27. The molecule has 2 aliphatic rings. The number of unbranched alkanes of at least 4 members (excludes halogenated alkanes) is 3. The third-order valence-corrected chi connectivity index (χ3v) is 4.71. The fourth-order valence-electron chi connectivity index (χ4n) is 3.20. The second kappa shape index (κ2) is 9.50. The van der Waals surface area contributed by atoms with Crippen molar-refractivity contribution in [2.45, 2.75) is 38.7 Å². The topological polar surface area (TPSA) is 71.4 Å². The van der Waals surface area contributed by atoms with E-state index in [2.05, 4.69) is 11.9 Å². The van der Waals surface area contributed by atoms with E-state index in [1.54, 1.807) is 9.80 Å². The van der Waals surface area contributed by atoms with E-state index >= 15 is 0 Å². The van der Waals surface area contributed by atoms with Crippen molar-refractivity contribution in [1.29, 1.82) is 0 Å². The van der Waals surface area contributed by atoms with Crippen LogP contribution < -0.4 is 9.80 Å². The van der Waals surface area contributed by atoms with Gasteiger partial charge in [0, 0.05) is 17.9 Å². The van der Waals surface area contributed by atoms with E-state index < -0.39 is 0 Å². The van der Waals surface area contributed by atoms with Gasteiger partial charge in [-0.05, 0) is 43.3 Å². The Morgan fingerprint density at radius 2 is 1.89 bits per heavy atom. The third-order valence-electron chi connectivity index (χ3n) is 4.71. The minimum absolute atomic E-state index is 0.0496. The zero-order valence-electron chi connectivity index (χ0n) is 15.8. The van der Waals surface area contributed by atoms with Gasteiger partial charge in [0.2, 0.25) is 0 Å². The van der Waals surface area contributed by atoms with Crippen molar-refractivity contribution in [1.82, 2.24) is 0 Å². The summed E-state index contributed by atoms with van der Waals surface area (Å²) in [5.41, 5.74) is 1.58. The first kappa shape index (κ1) is 19.4. The molecule has 7 heteroatoms. The second-order valence-corrected chi connectivity index (χ2v) is 6.77. The Labute approximate surface area is 159 Å². The van der Waals surface area contributed by atoms with Gasteiger partial charge in [0.25, 0.3) is 5.91 Å². The number of cyclic esters (lactones) is 1. The summed E-state index contributed by atoms with van der Waals surface area (Å²) in [5.74, 6) is -0.0496. The van der Waals surface area contributed by atoms with E-state index in [-0.39, 0.29) is 24.7 Å². The number of anilines is 2. The Kier molecular flexibility index (Phi) is 6.81. The van der Waals surface area contributed by atoms with Crippen LogP contribution in [0.1, 0.15) is 32.6 Å². The van der Waals surface area contributed by atoms with Crippen LogP contribution in [0, 0.1) is 0 Å². The Morgan fingerprint density at radius 1 is 1.15 bits per heavy atom. The summed E-state index contributed by atoms with van der Waals surface area (Å²) in [6, 6.07) is 7.39. The summed E-state index contributed by atoms with van der Waals surface area (Å²) in [5, 5.41) is 0. The van der Waals surface area contributed by atoms with Crippen LogP contribution in [0.25, 0.3) is 0 Å². The highest BCUT2D eigenvalue weighted by atomic mass is 16.6. The Morgan fingerprint density at radius 3 is 2.59 bits per heavy atom. The largest absolute Gasteiger partial charge is 0.442 e. The molecule has 0 radical (unpaired) electrons. The first-order valence-electron chi connectivity index (χ1n) is 9.63. The molecule has 1 atom stereocenters. The summed E-state index contributed by atoms with van der Waals surface area (Å²) in [7, 11) is 0. The Hall–Kier alpha value is -2.41. The average Bonchev–Trinajstić information content (AvgIpc) is 3.06. The molecular weight excluding hydrogens is 346 g/mol. The van der Waals surface area contributed by atoms with Gasteiger partial charge < -0.3 is 14.4 Å². The number of carbonyl (C=O) groups is 2. The average molecular weight is 373 g/mol. The molecule has 0 spiro atoms. The van der Waals surface area contributed by atoms with Crippen LogP contribution in [0.5, 0.6) is 0 Å². The molecule has 2 aliphatic heterocycles.